The lowest BCUT2D eigenvalue weighted by Crippen LogP contribution is -1.84. The van der Waals surface area contributed by atoms with Gasteiger partial charge in [0.25, 0.3) is 0 Å². The topological polar surface area (TPSA) is 44.3 Å². The van der Waals surface area contributed by atoms with Crippen LogP contribution in [-0.4, -0.2) is 19.2 Å². The first-order valence-corrected chi connectivity index (χ1v) is 5.46. The Balaban J connectivity index is 0.000000171. The van der Waals surface area contributed by atoms with Gasteiger partial charge in [-0.1, -0.05) is 18.2 Å². The van der Waals surface area contributed by atoms with E-state index in [2.05, 4.69) is 10.6 Å². The van der Waals surface area contributed by atoms with Gasteiger partial charge in [-0.25, -0.2) is 0 Å². The van der Waals surface area contributed by atoms with Gasteiger partial charge in [0.2, 0.25) is 0 Å². The highest BCUT2D eigenvalue weighted by atomic mass is 16.3. The summed E-state index contributed by atoms with van der Waals surface area (Å²) >= 11 is 0. The number of phenols is 1. The molecule has 3 nitrogen and oxygen atoms in total. The molecule has 0 aliphatic heterocycles. The fourth-order valence-electron chi connectivity index (χ4n) is 1.23. The summed E-state index contributed by atoms with van der Waals surface area (Å²) in [5.41, 5.74) is 2.17. The molecule has 0 aromatic heterocycles. The number of aromatic hydroxyl groups is 1. The van der Waals surface area contributed by atoms with Crippen molar-refractivity contribution in [1.82, 2.24) is 0 Å². The average molecular weight is 230 g/mol. The molecule has 0 saturated carbocycles. The molecular formula is C14H18N2O. The summed E-state index contributed by atoms with van der Waals surface area (Å²) in [6.45, 7) is 0. The number of para-hydroxylation sites is 1. The maximum atomic E-state index is 8.82. The summed E-state index contributed by atoms with van der Waals surface area (Å²) < 4.78 is 0. The molecule has 2 rings (SSSR count). The molecule has 0 aliphatic carbocycles. The zero-order valence-electron chi connectivity index (χ0n) is 10.1. The summed E-state index contributed by atoms with van der Waals surface area (Å²) in [5.74, 6) is 0.300. The maximum Gasteiger partial charge on any atom is 0.115 e. The van der Waals surface area contributed by atoms with Gasteiger partial charge in [-0.15, -0.1) is 0 Å². The van der Waals surface area contributed by atoms with Crippen molar-refractivity contribution in [3.05, 3.63) is 54.6 Å². The van der Waals surface area contributed by atoms with Gasteiger partial charge in [0, 0.05) is 25.5 Å². The van der Waals surface area contributed by atoms with E-state index in [-0.39, 0.29) is 0 Å². The van der Waals surface area contributed by atoms with Gasteiger partial charge in [-0.2, -0.15) is 0 Å². The van der Waals surface area contributed by atoms with Gasteiger partial charge >= 0.3 is 0 Å². The van der Waals surface area contributed by atoms with Crippen LogP contribution >= 0.6 is 0 Å². The Labute approximate surface area is 102 Å². The molecule has 2 aromatic rings. The van der Waals surface area contributed by atoms with E-state index >= 15 is 0 Å². The van der Waals surface area contributed by atoms with Crippen LogP contribution in [0.4, 0.5) is 11.4 Å². The lowest BCUT2D eigenvalue weighted by Gasteiger charge is -1.96. The highest BCUT2D eigenvalue weighted by Gasteiger charge is 1.85. The number of anilines is 2. The Kier molecular flexibility index (Phi) is 5.44. The number of hydrogen-bond acceptors (Lipinski definition) is 3. The SMILES string of the molecule is CNc1ccc(O)cc1.CNc1ccccc1. The van der Waals surface area contributed by atoms with Crippen LogP contribution in [0.2, 0.25) is 0 Å². The van der Waals surface area contributed by atoms with Crippen LogP contribution in [0.3, 0.4) is 0 Å². The van der Waals surface area contributed by atoms with E-state index in [0.29, 0.717) is 5.75 Å². The monoisotopic (exact) mass is 230 g/mol. The summed E-state index contributed by atoms with van der Waals surface area (Å²) in [6.07, 6.45) is 0. The molecule has 0 unspecified atom stereocenters. The molecule has 0 amide bonds. The van der Waals surface area contributed by atoms with E-state index in [4.69, 9.17) is 5.11 Å². The highest BCUT2D eigenvalue weighted by Crippen LogP contribution is 2.12. The highest BCUT2D eigenvalue weighted by molar-refractivity contribution is 5.45. The molecule has 90 valence electrons. The third-order valence-corrected chi connectivity index (χ3v) is 2.22. The van der Waals surface area contributed by atoms with Crippen molar-refractivity contribution < 1.29 is 5.11 Å². The molecule has 0 aliphatic rings. The van der Waals surface area contributed by atoms with E-state index in [1.807, 2.05) is 56.6 Å². The van der Waals surface area contributed by atoms with Crippen molar-refractivity contribution in [2.45, 2.75) is 0 Å². The minimum Gasteiger partial charge on any atom is -0.508 e. The molecule has 0 atom stereocenters. The van der Waals surface area contributed by atoms with Gasteiger partial charge < -0.3 is 15.7 Å². The second-order valence-corrected chi connectivity index (χ2v) is 3.41. The molecule has 2 aromatic carbocycles. The molecule has 0 saturated heterocycles. The van der Waals surface area contributed by atoms with Crippen LogP contribution in [0.25, 0.3) is 0 Å². The third-order valence-electron chi connectivity index (χ3n) is 2.22. The number of nitrogens with one attached hydrogen (secondary N) is 2. The third kappa shape index (κ3) is 4.93. The number of benzene rings is 2. The standard InChI is InChI=1S/C7H9NO.C7H9N/c1-8-6-2-4-7(9)5-3-6;1-8-7-5-3-2-4-6-7/h2-5,8-9H,1H3;2-6,8H,1H3. The fourth-order valence-corrected chi connectivity index (χ4v) is 1.23. The van der Waals surface area contributed by atoms with E-state index in [0.717, 1.165) is 11.4 Å². The zero-order valence-corrected chi connectivity index (χ0v) is 10.1. The Morgan fingerprint density at radius 1 is 0.706 bits per heavy atom. The zero-order chi connectivity index (χ0) is 12.5. The van der Waals surface area contributed by atoms with Crippen LogP contribution in [0.15, 0.2) is 54.6 Å². The fraction of sp³-hybridized carbons (Fsp3) is 0.143. The smallest absolute Gasteiger partial charge is 0.115 e. The predicted molar refractivity (Wildman–Crippen MR) is 73.6 cm³/mol. The van der Waals surface area contributed by atoms with E-state index in [1.165, 1.54) is 0 Å². The van der Waals surface area contributed by atoms with Crippen LogP contribution in [0.5, 0.6) is 5.75 Å². The van der Waals surface area contributed by atoms with Gasteiger partial charge in [-0.05, 0) is 36.4 Å². The second kappa shape index (κ2) is 7.17. The quantitative estimate of drug-likeness (QED) is 0.694. The lowest BCUT2D eigenvalue weighted by molar-refractivity contribution is 0.475. The average Bonchev–Trinajstić information content (AvgIpc) is 2.41. The lowest BCUT2D eigenvalue weighted by atomic mass is 10.3. The number of rotatable bonds is 2. The Morgan fingerprint density at radius 3 is 1.59 bits per heavy atom. The second-order valence-electron chi connectivity index (χ2n) is 3.41. The van der Waals surface area contributed by atoms with E-state index in [1.54, 1.807) is 12.1 Å². The summed E-state index contributed by atoms with van der Waals surface area (Å²) in [7, 11) is 3.75. The van der Waals surface area contributed by atoms with Crippen molar-refractivity contribution in [3.63, 3.8) is 0 Å². The van der Waals surface area contributed by atoms with Crippen LogP contribution < -0.4 is 10.6 Å². The first kappa shape index (κ1) is 12.9. The van der Waals surface area contributed by atoms with Gasteiger partial charge in [0.05, 0.1) is 0 Å². The Hall–Kier alpha value is -2.16. The Morgan fingerprint density at radius 2 is 1.18 bits per heavy atom. The van der Waals surface area contributed by atoms with E-state index in [9.17, 15) is 0 Å². The van der Waals surface area contributed by atoms with Crippen LogP contribution in [-0.2, 0) is 0 Å². The first-order valence-electron chi connectivity index (χ1n) is 5.46. The molecule has 0 radical (unpaired) electrons. The predicted octanol–water partition coefficient (Wildman–Crippen LogP) is 3.16. The minimum atomic E-state index is 0.300. The van der Waals surface area contributed by atoms with Gasteiger partial charge in [-0.3, -0.25) is 0 Å². The molecule has 0 bridgehead atoms. The first-order chi connectivity index (χ1) is 8.26. The minimum absolute atomic E-state index is 0.300. The van der Waals surface area contributed by atoms with Crippen molar-refractivity contribution >= 4 is 11.4 Å². The largest absolute Gasteiger partial charge is 0.508 e. The normalized spacial score (nSPS) is 8.82. The summed E-state index contributed by atoms with van der Waals surface area (Å²) in [5, 5.41) is 14.8. The molecule has 0 heterocycles. The number of phenolic OH excluding ortho intramolecular Hbond substituents is 1. The number of hydrogen-bond donors (Lipinski definition) is 3. The Bertz CT molecular complexity index is 412. The summed E-state index contributed by atoms with van der Waals surface area (Å²) in [6, 6.07) is 17.0. The molecule has 0 spiro atoms. The van der Waals surface area contributed by atoms with Crippen molar-refractivity contribution in [3.8, 4) is 5.75 Å². The molecule has 3 heteroatoms. The molecule has 17 heavy (non-hydrogen) atoms. The van der Waals surface area contributed by atoms with Crippen LogP contribution in [0, 0.1) is 0 Å². The van der Waals surface area contributed by atoms with Crippen molar-refractivity contribution in [2.24, 2.45) is 0 Å². The molecular weight excluding hydrogens is 212 g/mol. The summed E-state index contributed by atoms with van der Waals surface area (Å²) in [4.78, 5) is 0. The van der Waals surface area contributed by atoms with Gasteiger partial charge in [0.15, 0.2) is 0 Å². The molecule has 0 fully saturated rings. The van der Waals surface area contributed by atoms with Crippen LogP contribution in [0.1, 0.15) is 0 Å². The van der Waals surface area contributed by atoms with Crippen molar-refractivity contribution in [2.75, 3.05) is 24.7 Å². The van der Waals surface area contributed by atoms with Gasteiger partial charge in [0.1, 0.15) is 5.75 Å². The maximum absolute atomic E-state index is 8.82. The van der Waals surface area contributed by atoms with E-state index < -0.39 is 0 Å². The van der Waals surface area contributed by atoms with Crippen molar-refractivity contribution in [1.29, 1.82) is 0 Å². The molecule has 3 N–H and O–H groups in total.